The van der Waals surface area contributed by atoms with Gasteiger partial charge < -0.3 is 0 Å². The number of aryl methyl sites for hydroxylation is 1. The van der Waals surface area contributed by atoms with E-state index in [1.54, 1.807) is 0 Å². The second-order valence-electron chi connectivity index (χ2n) is 4.90. The van der Waals surface area contributed by atoms with Gasteiger partial charge in [0, 0.05) is 3.57 Å². The van der Waals surface area contributed by atoms with Gasteiger partial charge in [0.15, 0.2) is 0 Å². The molecule has 2 heteroatoms. The maximum absolute atomic E-state index is 6.82. The molecule has 0 radical (unpaired) electrons. The summed E-state index contributed by atoms with van der Waals surface area (Å²) in [7, 11) is 0. The van der Waals surface area contributed by atoms with Gasteiger partial charge in [0.2, 0.25) is 0 Å². The molecule has 0 bridgehead atoms. The van der Waals surface area contributed by atoms with E-state index in [1.807, 2.05) is 12.1 Å². The van der Waals surface area contributed by atoms with E-state index in [0.29, 0.717) is 0 Å². The van der Waals surface area contributed by atoms with Crippen LogP contribution in [0.3, 0.4) is 0 Å². The average Bonchev–Trinajstić information content (AvgIpc) is 2.47. The number of alkyl halides is 1. The van der Waals surface area contributed by atoms with Gasteiger partial charge >= 0.3 is 0 Å². The van der Waals surface area contributed by atoms with Gasteiger partial charge in [0.25, 0.3) is 0 Å². The summed E-state index contributed by atoms with van der Waals surface area (Å²) in [6, 6.07) is 21.1. The molecule has 0 amide bonds. The van der Waals surface area contributed by atoms with Crippen molar-refractivity contribution in [3.05, 3.63) is 80.9 Å². The Kier molecular flexibility index (Phi) is 3.99. The van der Waals surface area contributed by atoms with Crippen molar-refractivity contribution in [2.45, 2.75) is 12.3 Å². The smallest absolute Gasteiger partial charge is 0.0854 e. The van der Waals surface area contributed by atoms with E-state index in [-0.39, 0.29) is 5.38 Å². The van der Waals surface area contributed by atoms with Crippen molar-refractivity contribution in [3.63, 3.8) is 0 Å². The van der Waals surface area contributed by atoms with Gasteiger partial charge in [-0.1, -0.05) is 54.6 Å². The Morgan fingerprint density at radius 2 is 1.60 bits per heavy atom. The fourth-order valence-electron chi connectivity index (χ4n) is 2.58. The van der Waals surface area contributed by atoms with Crippen LogP contribution in [0.15, 0.2) is 60.7 Å². The Balaban J connectivity index is 2.24. The largest absolute Gasteiger partial charge is 0.113 e. The minimum atomic E-state index is -0.116. The minimum absolute atomic E-state index is 0.116. The molecule has 1 unspecified atom stereocenters. The summed E-state index contributed by atoms with van der Waals surface area (Å²) in [5.74, 6) is 0. The molecule has 100 valence electrons. The topological polar surface area (TPSA) is 0 Å². The number of benzene rings is 3. The number of hydrogen-bond donors (Lipinski definition) is 0. The maximum atomic E-state index is 6.82. The minimum Gasteiger partial charge on any atom is -0.113 e. The van der Waals surface area contributed by atoms with Crippen LogP contribution in [0.5, 0.6) is 0 Å². The van der Waals surface area contributed by atoms with E-state index in [9.17, 15) is 0 Å². The highest BCUT2D eigenvalue weighted by molar-refractivity contribution is 14.1. The number of fused-ring (bicyclic) bond motifs is 1. The van der Waals surface area contributed by atoms with Crippen molar-refractivity contribution >= 4 is 45.0 Å². The molecule has 3 aromatic rings. The Morgan fingerprint density at radius 3 is 2.40 bits per heavy atom. The Morgan fingerprint density at radius 1 is 0.900 bits per heavy atom. The third-order valence-electron chi connectivity index (χ3n) is 3.62. The molecule has 0 spiro atoms. The zero-order valence-electron chi connectivity index (χ0n) is 11.1. The Hall–Kier alpha value is -1.06. The zero-order chi connectivity index (χ0) is 14.1. The van der Waals surface area contributed by atoms with Crippen LogP contribution in [0, 0.1) is 10.5 Å². The van der Waals surface area contributed by atoms with Crippen LogP contribution in [0.4, 0.5) is 0 Å². The summed E-state index contributed by atoms with van der Waals surface area (Å²) >= 11 is 9.17. The van der Waals surface area contributed by atoms with Crippen LogP contribution in [0.25, 0.3) is 10.8 Å². The molecule has 0 saturated carbocycles. The summed E-state index contributed by atoms with van der Waals surface area (Å²) in [5.41, 5.74) is 3.63. The van der Waals surface area contributed by atoms with Crippen LogP contribution in [0.2, 0.25) is 0 Å². The van der Waals surface area contributed by atoms with E-state index < -0.39 is 0 Å². The highest BCUT2D eigenvalue weighted by Crippen LogP contribution is 2.37. The summed E-state index contributed by atoms with van der Waals surface area (Å²) < 4.78 is 1.21. The van der Waals surface area contributed by atoms with E-state index in [1.165, 1.54) is 31.0 Å². The molecule has 0 nitrogen and oxygen atoms in total. The fourth-order valence-corrected chi connectivity index (χ4v) is 3.94. The van der Waals surface area contributed by atoms with Crippen LogP contribution in [-0.4, -0.2) is 0 Å². The van der Waals surface area contributed by atoms with Crippen LogP contribution >= 0.6 is 34.2 Å². The highest BCUT2D eigenvalue weighted by atomic mass is 127. The van der Waals surface area contributed by atoms with Crippen LogP contribution in [0.1, 0.15) is 22.1 Å². The standard InChI is InChI=1S/C18H14ClI/c1-12-10-11-13-6-2-3-7-14(13)17(12)18(19)15-8-4-5-9-16(15)20/h2-11,18H,1H3. The second kappa shape index (κ2) is 5.74. The van der Waals surface area contributed by atoms with E-state index in [2.05, 4.69) is 78.0 Å². The molecule has 0 N–H and O–H groups in total. The Bertz CT molecular complexity index is 764. The monoisotopic (exact) mass is 392 g/mol. The summed E-state index contributed by atoms with van der Waals surface area (Å²) in [5, 5.41) is 2.37. The molecule has 0 aromatic heterocycles. The van der Waals surface area contributed by atoms with Crippen molar-refractivity contribution < 1.29 is 0 Å². The number of rotatable bonds is 2. The van der Waals surface area contributed by atoms with Gasteiger partial charge in [0.1, 0.15) is 0 Å². The quantitative estimate of drug-likeness (QED) is 0.366. The summed E-state index contributed by atoms with van der Waals surface area (Å²) in [4.78, 5) is 0. The normalized spacial score (nSPS) is 12.6. The molecule has 0 aliphatic carbocycles. The van der Waals surface area contributed by atoms with Crippen molar-refractivity contribution in [1.29, 1.82) is 0 Å². The average molecular weight is 393 g/mol. The molecule has 0 fully saturated rings. The Labute approximate surface area is 137 Å². The third kappa shape index (κ3) is 2.45. The first-order valence-corrected chi connectivity index (χ1v) is 8.07. The lowest BCUT2D eigenvalue weighted by molar-refractivity contribution is 1.12. The van der Waals surface area contributed by atoms with Crippen molar-refractivity contribution in [1.82, 2.24) is 0 Å². The van der Waals surface area contributed by atoms with Crippen LogP contribution in [-0.2, 0) is 0 Å². The summed E-state index contributed by atoms with van der Waals surface area (Å²) in [6.45, 7) is 2.13. The van der Waals surface area contributed by atoms with E-state index in [0.717, 1.165) is 0 Å². The summed E-state index contributed by atoms with van der Waals surface area (Å²) in [6.07, 6.45) is 0. The zero-order valence-corrected chi connectivity index (χ0v) is 14.0. The SMILES string of the molecule is Cc1ccc2ccccc2c1C(Cl)c1ccccc1I. The lowest BCUT2D eigenvalue weighted by Crippen LogP contribution is -2.00. The van der Waals surface area contributed by atoms with E-state index in [4.69, 9.17) is 11.6 Å². The van der Waals surface area contributed by atoms with Gasteiger partial charge in [-0.15, -0.1) is 11.6 Å². The molecule has 3 rings (SSSR count). The fraction of sp³-hybridized carbons (Fsp3) is 0.111. The molecular formula is C18H14ClI. The van der Waals surface area contributed by atoms with Crippen molar-refractivity contribution in [2.75, 3.05) is 0 Å². The number of halogens is 2. The molecule has 3 aromatic carbocycles. The van der Waals surface area contributed by atoms with Gasteiger partial charge in [-0.05, 0) is 63.0 Å². The predicted molar refractivity (Wildman–Crippen MR) is 95.5 cm³/mol. The van der Waals surface area contributed by atoms with Crippen molar-refractivity contribution in [3.8, 4) is 0 Å². The van der Waals surface area contributed by atoms with Crippen molar-refractivity contribution in [2.24, 2.45) is 0 Å². The molecule has 0 aliphatic rings. The number of hydrogen-bond acceptors (Lipinski definition) is 0. The van der Waals surface area contributed by atoms with Gasteiger partial charge in [-0.25, -0.2) is 0 Å². The van der Waals surface area contributed by atoms with Gasteiger partial charge in [0.05, 0.1) is 5.38 Å². The highest BCUT2D eigenvalue weighted by Gasteiger charge is 2.18. The first-order valence-electron chi connectivity index (χ1n) is 6.55. The van der Waals surface area contributed by atoms with Gasteiger partial charge in [-0.3, -0.25) is 0 Å². The maximum Gasteiger partial charge on any atom is 0.0854 e. The first-order chi connectivity index (χ1) is 9.68. The lowest BCUT2D eigenvalue weighted by Gasteiger charge is -2.17. The lowest BCUT2D eigenvalue weighted by atomic mass is 9.94. The van der Waals surface area contributed by atoms with Gasteiger partial charge in [-0.2, -0.15) is 0 Å². The molecule has 20 heavy (non-hydrogen) atoms. The molecule has 0 heterocycles. The van der Waals surface area contributed by atoms with Crippen LogP contribution < -0.4 is 0 Å². The van der Waals surface area contributed by atoms with E-state index >= 15 is 0 Å². The second-order valence-corrected chi connectivity index (χ2v) is 6.50. The third-order valence-corrected chi connectivity index (χ3v) is 5.06. The molecule has 1 atom stereocenters. The molecular weight excluding hydrogens is 379 g/mol. The molecule has 0 saturated heterocycles. The molecule has 0 aliphatic heterocycles. The predicted octanol–water partition coefficient (Wildman–Crippen LogP) is 6.08. The first kappa shape index (κ1) is 13.9.